The Balaban J connectivity index is 3.20. The summed E-state index contributed by atoms with van der Waals surface area (Å²) in [5, 5.41) is 1.14. The maximum absolute atomic E-state index is 11.6. The number of carbonyl (C=O) groups excluding carboxylic acids is 1. The summed E-state index contributed by atoms with van der Waals surface area (Å²) in [4.78, 5) is 11.6. The highest BCUT2D eigenvalue weighted by molar-refractivity contribution is 9.10. The van der Waals surface area contributed by atoms with Gasteiger partial charge >= 0.3 is 5.97 Å². The van der Waals surface area contributed by atoms with Crippen molar-refractivity contribution < 1.29 is 9.53 Å². The van der Waals surface area contributed by atoms with Gasteiger partial charge < -0.3 is 4.74 Å². The van der Waals surface area contributed by atoms with Crippen LogP contribution < -0.4 is 0 Å². The van der Waals surface area contributed by atoms with Gasteiger partial charge in [0.05, 0.1) is 12.2 Å². The lowest BCUT2D eigenvalue weighted by Gasteiger charge is -2.09. The van der Waals surface area contributed by atoms with E-state index in [-0.39, 0.29) is 5.97 Å². The van der Waals surface area contributed by atoms with E-state index in [0.29, 0.717) is 27.0 Å². The zero-order valence-corrected chi connectivity index (χ0v) is 11.9. The molecule has 15 heavy (non-hydrogen) atoms. The van der Waals surface area contributed by atoms with Gasteiger partial charge in [-0.3, -0.25) is 0 Å². The summed E-state index contributed by atoms with van der Waals surface area (Å²) < 4.78 is 5.61. The third-order valence-electron chi connectivity index (χ3n) is 1.76. The summed E-state index contributed by atoms with van der Waals surface area (Å²) >= 11 is 12.5. The van der Waals surface area contributed by atoms with Gasteiger partial charge in [0, 0.05) is 14.8 Å². The highest BCUT2D eigenvalue weighted by atomic mass is 79.9. The second kappa shape index (κ2) is 5.87. The molecule has 1 rings (SSSR count). The van der Waals surface area contributed by atoms with E-state index >= 15 is 0 Å². The molecule has 0 saturated carbocycles. The highest BCUT2D eigenvalue weighted by Gasteiger charge is 2.16. The maximum Gasteiger partial charge on any atom is 0.339 e. The molecule has 0 spiro atoms. The van der Waals surface area contributed by atoms with E-state index in [0.717, 1.165) is 5.56 Å². The maximum atomic E-state index is 11.6. The van der Waals surface area contributed by atoms with Crippen molar-refractivity contribution in [1.82, 2.24) is 0 Å². The van der Waals surface area contributed by atoms with Gasteiger partial charge in [0.25, 0.3) is 0 Å². The molecule has 0 fully saturated rings. The van der Waals surface area contributed by atoms with Gasteiger partial charge in [-0.15, -0.1) is 0 Å². The summed E-state index contributed by atoms with van der Waals surface area (Å²) in [5.74, 6) is -0.338. The van der Waals surface area contributed by atoms with E-state index in [1.165, 1.54) is 0 Å². The van der Waals surface area contributed by atoms with E-state index < -0.39 is 0 Å². The Labute approximate surface area is 110 Å². The lowest BCUT2D eigenvalue weighted by molar-refractivity contribution is 0.0524. The van der Waals surface area contributed by atoms with Crippen LogP contribution in [-0.4, -0.2) is 12.6 Å². The van der Waals surface area contributed by atoms with E-state index in [2.05, 4.69) is 31.9 Å². The summed E-state index contributed by atoms with van der Waals surface area (Å²) in [5.41, 5.74) is 1.34. The third kappa shape index (κ3) is 3.20. The van der Waals surface area contributed by atoms with E-state index in [9.17, 15) is 4.79 Å². The number of ether oxygens (including phenoxy) is 1. The second-order valence-corrected chi connectivity index (χ2v) is 4.63. The number of carbonyl (C=O) groups is 1. The number of alkyl halides is 1. The van der Waals surface area contributed by atoms with Gasteiger partial charge in [-0.05, 0) is 40.5 Å². The van der Waals surface area contributed by atoms with Crippen LogP contribution in [0, 0.1) is 0 Å². The van der Waals surface area contributed by atoms with Gasteiger partial charge in [-0.1, -0.05) is 27.5 Å². The lowest BCUT2D eigenvalue weighted by atomic mass is 10.1. The lowest BCUT2D eigenvalue weighted by Crippen LogP contribution is -2.08. The van der Waals surface area contributed by atoms with E-state index in [4.69, 9.17) is 16.3 Å². The highest BCUT2D eigenvalue weighted by Crippen LogP contribution is 2.28. The molecule has 0 atom stereocenters. The summed E-state index contributed by atoms with van der Waals surface area (Å²) in [6, 6.07) is 3.42. The first-order chi connectivity index (χ1) is 7.10. The van der Waals surface area contributed by atoms with Gasteiger partial charge in [-0.25, -0.2) is 4.79 Å². The molecule has 1 aromatic carbocycles. The first-order valence-corrected chi connectivity index (χ1v) is 6.60. The molecule has 0 amide bonds. The molecule has 0 radical (unpaired) electrons. The van der Waals surface area contributed by atoms with Crippen LogP contribution in [0.5, 0.6) is 0 Å². The van der Waals surface area contributed by atoms with Crippen LogP contribution in [0.4, 0.5) is 0 Å². The van der Waals surface area contributed by atoms with Crippen LogP contribution in [0.25, 0.3) is 0 Å². The normalized spacial score (nSPS) is 10.1. The largest absolute Gasteiger partial charge is 0.462 e. The van der Waals surface area contributed by atoms with Crippen LogP contribution in [0.2, 0.25) is 5.02 Å². The van der Waals surface area contributed by atoms with Crippen molar-refractivity contribution >= 4 is 49.4 Å². The summed E-state index contributed by atoms with van der Waals surface area (Å²) in [6.07, 6.45) is 0. The van der Waals surface area contributed by atoms with Crippen molar-refractivity contribution in [3.63, 3.8) is 0 Å². The minimum absolute atomic E-state index is 0.338. The Morgan fingerprint density at radius 3 is 2.73 bits per heavy atom. The minimum Gasteiger partial charge on any atom is -0.462 e. The predicted octanol–water partition coefficient (Wildman–Crippen LogP) is 4.17. The standard InChI is InChI=1S/C10H9Br2ClO2/c1-2-15-10(14)9-6(5-11)3-7(13)4-8(9)12/h3-4H,2,5H2,1H3. The Kier molecular flexibility index (Phi) is 5.09. The van der Waals surface area contributed by atoms with E-state index in [1.807, 2.05) is 0 Å². The molecule has 0 bridgehead atoms. The number of esters is 1. The third-order valence-corrected chi connectivity index (χ3v) is 3.21. The van der Waals surface area contributed by atoms with Crippen LogP contribution in [0.15, 0.2) is 16.6 Å². The first-order valence-electron chi connectivity index (χ1n) is 4.31. The average Bonchev–Trinajstić information content (AvgIpc) is 2.16. The minimum atomic E-state index is -0.338. The fourth-order valence-corrected chi connectivity index (χ4v) is 2.64. The molecular formula is C10H9Br2ClO2. The van der Waals surface area contributed by atoms with Crippen molar-refractivity contribution in [2.24, 2.45) is 0 Å². The molecule has 0 unspecified atom stereocenters. The number of hydrogen-bond donors (Lipinski definition) is 0. The fraction of sp³-hybridized carbons (Fsp3) is 0.300. The van der Waals surface area contributed by atoms with Gasteiger partial charge in [-0.2, -0.15) is 0 Å². The predicted molar refractivity (Wildman–Crippen MR) is 67.7 cm³/mol. The van der Waals surface area contributed by atoms with E-state index in [1.54, 1.807) is 19.1 Å². The van der Waals surface area contributed by atoms with Crippen LogP contribution >= 0.6 is 43.5 Å². The number of rotatable bonds is 3. The molecule has 0 aliphatic rings. The Morgan fingerprint density at radius 1 is 1.53 bits per heavy atom. The number of halogens is 3. The molecule has 0 N–H and O–H groups in total. The molecule has 0 aromatic heterocycles. The van der Waals surface area contributed by atoms with Crippen molar-refractivity contribution in [2.45, 2.75) is 12.3 Å². The van der Waals surface area contributed by atoms with Crippen LogP contribution in [0.1, 0.15) is 22.8 Å². The molecule has 82 valence electrons. The molecular weight excluding hydrogens is 347 g/mol. The van der Waals surface area contributed by atoms with Crippen molar-refractivity contribution in [2.75, 3.05) is 6.61 Å². The number of hydrogen-bond acceptors (Lipinski definition) is 2. The fourth-order valence-electron chi connectivity index (χ4n) is 1.16. The zero-order chi connectivity index (χ0) is 11.4. The van der Waals surface area contributed by atoms with Crippen molar-refractivity contribution in [3.05, 3.63) is 32.8 Å². The summed E-state index contributed by atoms with van der Waals surface area (Å²) in [7, 11) is 0. The zero-order valence-electron chi connectivity index (χ0n) is 8.02. The molecule has 1 aromatic rings. The second-order valence-electron chi connectivity index (χ2n) is 2.78. The van der Waals surface area contributed by atoms with Gasteiger partial charge in [0.1, 0.15) is 0 Å². The topological polar surface area (TPSA) is 26.3 Å². The molecule has 0 aliphatic carbocycles. The summed E-state index contributed by atoms with van der Waals surface area (Å²) in [6.45, 7) is 2.13. The molecule has 0 saturated heterocycles. The monoisotopic (exact) mass is 354 g/mol. The molecule has 2 nitrogen and oxygen atoms in total. The Morgan fingerprint density at radius 2 is 2.20 bits per heavy atom. The quantitative estimate of drug-likeness (QED) is 0.600. The van der Waals surface area contributed by atoms with Crippen LogP contribution in [0.3, 0.4) is 0 Å². The molecule has 0 aliphatic heterocycles. The van der Waals surface area contributed by atoms with Gasteiger partial charge in [0.2, 0.25) is 0 Å². The Bertz CT molecular complexity index is 380. The first kappa shape index (κ1) is 13.0. The SMILES string of the molecule is CCOC(=O)c1c(Br)cc(Cl)cc1CBr. The van der Waals surface area contributed by atoms with Gasteiger partial charge in [0.15, 0.2) is 0 Å². The van der Waals surface area contributed by atoms with Crippen molar-refractivity contribution in [1.29, 1.82) is 0 Å². The number of benzene rings is 1. The van der Waals surface area contributed by atoms with Crippen LogP contribution in [-0.2, 0) is 10.1 Å². The average molecular weight is 356 g/mol. The Hall–Kier alpha value is -0.0600. The molecule has 5 heteroatoms. The van der Waals surface area contributed by atoms with Crippen molar-refractivity contribution in [3.8, 4) is 0 Å². The molecule has 0 heterocycles. The smallest absolute Gasteiger partial charge is 0.339 e.